The highest BCUT2D eigenvalue weighted by molar-refractivity contribution is 5.80. The predicted octanol–water partition coefficient (Wildman–Crippen LogP) is 3.50. The number of hydrogen-bond donors (Lipinski definition) is 1. The van der Waals surface area contributed by atoms with Crippen molar-refractivity contribution in [1.29, 1.82) is 0 Å². The van der Waals surface area contributed by atoms with Gasteiger partial charge in [0.15, 0.2) is 0 Å². The van der Waals surface area contributed by atoms with Crippen LogP contribution in [-0.4, -0.2) is 23.9 Å². The highest BCUT2D eigenvalue weighted by Gasteiger charge is 2.39. The van der Waals surface area contributed by atoms with Crippen molar-refractivity contribution in [3.05, 3.63) is 47.5 Å². The molecule has 1 N–H and O–H groups in total. The second-order valence-electron chi connectivity index (χ2n) is 7.76. The van der Waals surface area contributed by atoms with Crippen LogP contribution in [0.25, 0.3) is 0 Å². The number of rotatable bonds is 5. The van der Waals surface area contributed by atoms with Crippen LogP contribution in [-0.2, 0) is 17.9 Å². The molecule has 0 spiro atoms. The normalized spacial score (nSPS) is 29.1. The molecule has 3 unspecified atom stereocenters. The van der Waals surface area contributed by atoms with Crippen molar-refractivity contribution in [2.75, 3.05) is 13.1 Å². The Morgan fingerprint density at radius 1 is 1.00 bits per heavy atom. The van der Waals surface area contributed by atoms with Crippen LogP contribution in [0, 0.1) is 17.8 Å². The average Bonchev–Trinajstić information content (AvgIpc) is 3.25. The molecule has 3 heteroatoms. The first kappa shape index (κ1) is 15.9. The zero-order valence-electron chi connectivity index (χ0n) is 14.4. The standard InChI is InChI=1S/C21H28N2O/c24-21(20-13-18-8-9-19(20)12-18)22-14-16-4-6-17(7-5-16)15-23-10-2-1-3-11-23/h4-9,18-20H,1-3,10-15H2,(H,22,24). The minimum atomic E-state index is 0.207. The van der Waals surface area contributed by atoms with Gasteiger partial charge in [-0.05, 0) is 61.7 Å². The molecule has 1 heterocycles. The molecule has 3 atom stereocenters. The zero-order chi connectivity index (χ0) is 16.4. The fourth-order valence-corrected chi connectivity index (χ4v) is 4.54. The van der Waals surface area contributed by atoms with Crippen LogP contribution in [0.2, 0.25) is 0 Å². The van der Waals surface area contributed by atoms with Crippen molar-refractivity contribution in [1.82, 2.24) is 10.2 Å². The van der Waals surface area contributed by atoms with Crippen molar-refractivity contribution in [3.8, 4) is 0 Å². The van der Waals surface area contributed by atoms with Crippen LogP contribution < -0.4 is 5.32 Å². The Hall–Kier alpha value is -1.61. The van der Waals surface area contributed by atoms with Gasteiger partial charge in [0.2, 0.25) is 5.91 Å². The number of allylic oxidation sites excluding steroid dienone is 2. The summed E-state index contributed by atoms with van der Waals surface area (Å²) in [6.45, 7) is 4.18. The van der Waals surface area contributed by atoms with Gasteiger partial charge in [-0.3, -0.25) is 9.69 Å². The number of benzene rings is 1. The Bertz CT molecular complexity index is 601. The summed E-state index contributed by atoms with van der Waals surface area (Å²) in [5, 5.41) is 3.14. The van der Waals surface area contributed by atoms with E-state index < -0.39 is 0 Å². The molecule has 128 valence electrons. The summed E-state index contributed by atoms with van der Waals surface area (Å²) in [7, 11) is 0. The number of likely N-dealkylation sites (tertiary alicyclic amines) is 1. The maximum atomic E-state index is 12.4. The van der Waals surface area contributed by atoms with E-state index in [0.29, 0.717) is 18.4 Å². The van der Waals surface area contributed by atoms with Crippen LogP contribution in [0.15, 0.2) is 36.4 Å². The van der Waals surface area contributed by atoms with Gasteiger partial charge in [-0.15, -0.1) is 0 Å². The van der Waals surface area contributed by atoms with Crippen molar-refractivity contribution >= 4 is 5.91 Å². The predicted molar refractivity (Wildman–Crippen MR) is 96.3 cm³/mol. The monoisotopic (exact) mass is 324 g/mol. The quantitative estimate of drug-likeness (QED) is 0.841. The lowest BCUT2D eigenvalue weighted by atomic mass is 9.93. The van der Waals surface area contributed by atoms with Crippen LogP contribution in [0.3, 0.4) is 0 Å². The van der Waals surface area contributed by atoms with Crippen LogP contribution in [0.1, 0.15) is 43.2 Å². The molecule has 1 amide bonds. The molecule has 1 aliphatic heterocycles. The molecule has 2 aliphatic carbocycles. The van der Waals surface area contributed by atoms with E-state index in [2.05, 4.69) is 46.6 Å². The van der Waals surface area contributed by atoms with Gasteiger partial charge in [0, 0.05) is 19.0 Å². The summed E-state index contributed by atoms with van der Waals surface area (Å²) < 4.78 is 0. The van der Waals surface area contributed by atoms with Crippen LogP contribution >= 0.6 is 0 Å². The summed E-state index contributed by atoms with van der Waals surface area (Å²) >= 11 is 0. The SMILES string of the molecule is O=C(NCc1ccc(CN2CCCCC2)cc1)C1CC2C=CC1C2. The summed E-state index contributed by atoms with van der Waals surface area (Å²) in [5.74, 6) is 1.59. The fraction of sp³-hybridized carbons (Fsp3) is 0.571. The lowest BCUT2D eigenvalue weighted by molar-refractivity contribution is -0.125. The molecule has 3 nitrogen and oxygen atoms in total. The topological polar surface area (TPSA) is 32.3 Å². The number of nitrogens with one attached hydrogen (secondary N) is 1. The largest absolute Gasteiger partial charge is 0.352 e. The molecule has 0 aromatic heterocycles. The zero-order valence-corrected chi connectivity index (χ0v) is 14.4. The summed E-state index contributed by atoms with van der Waals surface area (Å²) in [5.41, 5.74) is 2.58. The Kier molecular flexibility index (Phi) is 4.70. The maximum Gasteiger partial charge on any atom is 0.223 e. The Morgan fingerprint density at radius 2 is 1.75 bits per heavy atom. The summed E-state index contributed by atoms with van der Waals surface area (Å²) in [6.07, 6.45) is 10.8. The smallest absolute Gasteiger partial charge is 0.223 e. The van der Waals surface area contributed by atoms with Gasteiger partial charge in [-0.25, -0.2) is 0 Å². The lowest BCUT2D eigenvalue weighted by Crippen LogP contribution is -2.32. The minimum absolute atomic E-state index is 0.207. The second-order valence-corrected chi connectivity index (χ2v) is 7.76. The lowest BCUT2D eigenvalue weighted by Gasteiger charge is -2.26. The van der Waals surface area contributed by atoms with E-state index >= 15 is 0 Å². The van der Waals surface area contributed by atoms with Gasteiger partial charge in [0.25, 0.3) is 0 Å². The van der Waals surface area contributed by atoms with Crippen molar-refractivity contribution in [2.45, 2.75) is 45.2 Å². The molecule has 1 aromatic carbocycles. The molecule has 4 rings (SSSR count). The number of hydrogen-bond acceptors (Lipinski definition) is 2. The highest BCUT2D eigenvalue weighted by Crippen LogP contribution is 2.43. The van der Waals surface area contributed by atoms with E-state index in [1.165, 1.54) is 49.9 Å². The van der Waals surface area contributed by atoms with Gasteiger partial charge in [0.1, 0.15) is 0 Å². The highest BCUT2D eigenvalue weighted by atomic mass is 16.1. The van der Waals surface area contributed by atoms with Gasteiger partial charge >= 0.3 is 0 Å². The number of carbonyl (C=O) groups is 1. The Labute approximate surface area is 145 Å². The van der Waals surface area contributed by atoms with Gasteiger partial charge < -0.3 is 5.32 Å². The van der Waals surface area contributed by atoms with Gasteiger partial charge in [-0.2, -0.15) is 0 Å². The summed E-state index contributed by atoms with van der Waals surface area (Å²) in [6, 6.07) is 8.77. The summed E-state index contributed by atoms with van der Waals surface area (Å²) in [4.78, 5) is 14.9. The molecular formula is C21H28N2O. The maximum absolute atomic E-state index is 12.4. The van der Waals surface area contributed by atoms with E-state index in [4.69, 9.17) is 0 Å². The molecule has 1 saturated heterocycles. The van der Waals surface area contributed by atoms with E-state index in [1.54, 1.807) is 0 Å². The molecule has 0 radical (unpaired) electrons. The van der Waals surface area contributed by atoms with Gasteiger partial charge in [-0.1, -0.05) is 42.8 Å². The number of fused-ring (bicyclic) bond motifs is 2. The Balaban J connectivity index is 1.26. The van der Waals surface area contributed by atoms with Crippen molar-refractivity contribution in [2.24, 2.45) is 17.8 Å². The molecule has 2 fully saturated rings. The van der Waals surface area contributed by atoms with E-state index in [9.17, 15) is 4.79 Å². The molecule has 3 aliphatic rings. The van der Waals surface area contributed by atoms with Crippen LogP contribution in [0.5, 0.6) is 0 Å². The molecular weight excluding hydrogens is 296 g/mol. The molecule has 2 bridgehead atoms. The third-order valence-corrected chi connectivity index (χ3v) is 5.96. The molecule has 24 heavy (non-hydrogen) atoms. The number of piperidine rings is 1. The second kappa shape index (κ2) is 7.10. The van der Waals surface area contributed by atoms with E-state index in [1.807, 2.05) is 0 Å². The molecule has 1 saturated carbocycles. The first-order chi connectivity index (χ1) is 11.8. The fourth-order valence-electron chi connectivity index (χ4n) is 4.54. The van der Waals surface area contributed by atoms with Crippen molar-refractivity contribution < 1.29 is 4.79 Å². The van der Waals surface area contributed by atoms with Crippen LogP contribution in [0.4, 0.5) is 0 Å². The number of nitrogens with zero attached hydrogens (tertiary/aromatic N) is 1. The van der Waals surface area contributed by atoms with Crippen molar-refractivity contribution in [3.63, 3.8) is 0 Å². The minimum Gasteiger partial charge on any atom is -0.352 e. The van der Waals surface area contributed by atoms with E-state index in [0.717, 1.165) is 13.0 Å². The third-order valence-electron chi connectivity index (χ3n) is 5.96. The first-order valence-electron chi connectivity index (χ1n) is 9.54. The van der Waals surface area contributed by atoms with E-state index in [-0.39, 0.29) is 11.8 Å². The Morgan fingerprint density at radius 3 is 2.42 bits per heavy atom. The third kappa shape index (κ3) is 3.56. The van der Waals surface area contributed by atoms with Gasteiger partial charge in [0.05, 0.1) is 0 Å². The average molecular weight is 324 g/mol. The number of carbonyl (C=O) groups excluding carboxylic acids is 1. The number of amides is 1. The molecule has 1 aromatic rings. The first-order valence-corrected chi connectivity index (χ1v) is 9.54.